The van der Waals surface area contributed by atoms with Crippen molar-refractivity contribution in [1.29, 1.82) is 0 Å². The quantitative estimate of drug-likeness (QED) is 0.106. The molecule has 34 heavy (non-hydrogen) atoms. The number of rotatable bonds is 16. The van der Waals surface area contributed by atoms with Crippen molar-refractivity contribution in [3.8, 4) is 0 Å². The Hall–Kier alpha value is -3.75. The van der Waals surface area contributed by atoms with Crippen LogP contribution in [0.25, 0.3) is 0 Å². The van der Waals surface area contributed by atoms with Crippen LogP contribution in [0.4, 0.5) is 0 Å². The van der Waals surface area contributed by atoms with Gasteiger partial charge < -0.3 is 43.4 Å². The number of nitrogens with one attached hydrogen (secondary N) is 3. The summed E-state index contributed by atoms with van der Waals surface area (Å²) in [7, 11) is 0. The number of hydrogen-bond donors (Lipinski definition) is 8. The molecule has 0 aromatic rings. The van der Waals surface area contributed by atoms with E-state index in [1.54, 1.807) is 13.8 Å². The number of carbonyl (C=O) groups excluding carboxylic acids is 5. The first kappa shape index (κ1) is 30.2. The molecule has 0 fully saturated rings. The largest absolute Gasteiger partial charge is 0.481 e. The van der Waals surface area contributed by atoms with Gasteiger partial charge in [-0.05, 0) is 12.3 Å². The average molecular weight is 488 g/mol. The number of aliphatic carboxylic acids is 2. The Morgan fingerprint density at radius 1 is 0.794 bits per heavy atom. The van der Waals surface area contributed by atoms with Crippen LogP contribution in [0.1, 0.15) is 46.0 Å². The van der Waals surface area contributed by atoms with Gasteiger partial charge in [0.25, 0.3) is 0 Å². The van der Waals surface area contributed by atoms with E-state index >= 15 is 0 Å². The van der Waals surface area contributed by atoms with Crippen LogP contribution < -0.4 is 33.2 Å². The van der Waals surface area contributed by atoms with Gasteiger partial charge in [-0.15, -0.1) is 0 Å². The summed E-state index contributed by atoms with van der Waals surface area (Å²) < 4.78 is 0. The van der Waals surface area contributed by atoms with Gasteiger partial charge in [-0.3, -0.25) is 28.8 Å². The van der Waals surface area contributed by atoms with Gasteiger partial charge in [0.05, 0.1) is 18.9 Å². The van der Waals surface area contributed by atoms with E-state index in [1.807, 2.05) is 5.32 Å². The van der Waals surface area contributed by atoms with Crippen molar-refractivity contribution in [2.45, 2.75) is 70.1 Å². The minimum atomic E-state index is -1.80. The molecule has 0 aliphatic rings. The molecule has 11 N–H and O–H groups in total. The first-order chi connectivity index (χ1) is 15.7. The molecule has 5 unspecified atom stereocenters. The van der Waals surface area contributed by atoms with E-state index in [0.29, 0.717) is 6.42 Å². The molecule has 0 aromatic heterocycles. The second-order valence-corrected chi connectivity index (χ2v) is 7.71. The zero-order chi connectivity index (χ0) is 26.6. The number of hydrogen-bond acceptors (Lipinski definition) is 8. The predicted molar refractivity (Wildman–Crippen MR) is 115 cm³/mol. The number of carboxylic acids is 2. The standard InChI is InChI=1S/C19H32N6O9/c1-3-8(2)15(25-16(30)9(20)6-13(22)27)18(32)23-10(4-5-12(21)26)17(31)24-11(19(33)34)7-14(28)29/h8-11,15H,3-7,20H2,1-2H3,(H2,21,26)(H2,22,27)(H,23,32)(H,24,31)(H,25,30)(H,28,29)(H,33,34). The maximum atomic E-state index is 12.9. The van der Waals surface area contributed by atoms with E-state index < -0.39 is 84.4 Å². The minimum absolute atomic E-state index is 0.325. The van der Waals surface area contributed by atoms with Crippen molar-refractivity contribution >= 4 is 41.5 Å². The molecule has 0 saturated carbocycles. The molecule has 0 saturated heterocycles. The molecule has 0 aromatic carbocycles. The third-order valence-electron chi connectivity index (χ3n) is 4.86. The lowest BCUT2D eigenvalue weighted by Crippen LogP contribution is -2.59. The fraction of sp³-hybridized carbons (Fsp3) is 0.632. The van der Waals surface area contributed by atoms with E-state index in [2.05, 4.69) is 10.6 Å². The van der Waals surface area contributed by atoms with Crippen molar-refractivity contribution in [2.75, 3.05) is 0 Å². The molecule has 0 spiro atoms. The molecule has 0 aliphatic carbocycles. The van der Waals surface area contributed by atoms with Crippen LogP contribution >= 0.6 is 0 Å². The number of nitrogens with two attached hydrogens (primary N) is 3. The van der Waals surface area contributed by atoms with Gasteiger partial charge in [0.2, 0.25) is 29.5 Å². The lowest BCUT2D eigenvalue weighted by Gasteiger charge is -2.27. The third-order valence-corrected chi connectivity index (χ3v) is 4.86. The summed E-state index contributed by atoms with van der Waals surface area (Å²) in [6.45, 7) is 3.34. The molecule has 0 radical (unpaired) electrons. The van der Waals surface area contributed by atoms with E-state index in [4.69, 9.17) is 27.4 Å². The van der Waals surface area contributed by atoms with E-state index in [9.17, 15) is 33.6 Å². The molecule has 5 atom stereocenters. The number of carboxylic acid groups (broad SMARTS) is 2. The lowest BCUT2D eigenvalue weighted by molar-refractivity contribution is -0.147. The monoisotopic (exact) mass is 488 g/mol. The van der Waals surface area contributed by atoms with Crippen molar-refractivity contribution in [1.82, 2.24) is 16.0 Å². The maximum absolute atomic E-state index is 12.9. The Labute approximate surface area is 195 Å². The predicted octanol–water partition coefficient (Wildman–Crippen LogP) is -3.49. The summed E-state index contributed by atoms with van der Waals surface area (Å²) in [5.74, 6) is -7.98. The van der Waals surface area contributed by atoms with Gasteiger partial charge in [-0.1, -0.05) is 20.3 Å². The summed E-state index contributed by atoms with van der Waals surface area (Å²) in [6, 6.07) is -5.80. The van der Waals surface area contributed by atoms with E-state index in [-0.39, 0.29) is 12.8 Å². The van der Waals surface area contributed by atoms with Crippen LogP contribution in [0, 0.1) is 5.92 Å². The van der Waals surface area contributed by atoms with Crippen molar-refractivity contribution in [2.24, 2.45) is 23.1 Å². The fourth-order valence-corrected chi connectivity index (χ4v) is 2.74. The normalized spacial score (nSPS) is 15.0. The molecule has 192 valence electrons. The Balaban J connectivity index is 5.66. The first-order valence-corrected chi connectivity index (χ1v) is 10.4. The fourth-order valence-electron chi connectivity index (χ4n) is 2.74. The molecule has 5 amide bonds. The Morgan fingerprint density at radius 2 is 1.35 bits per heavy atom. The third kappa shape index (κ3) is 11.2. The van der Waals surface area contributed by atoms with Gasteiger partial charge in [-0.25, -0.2) is 4.79 Å². The zero-order valence-corrected chi connectivity index (χ0v) is 18.9. The van der Waals surface area contributed by atoms with Crippen LogP contribution in [0.5, 0.6) is 0 Å². The van der Waals surface area contributed by atoms with Gasteiger partial charge in [0.1, 0.15) is 18.1 Å². The minimum Gasteiger partial charge on any atom is -0.481 e. The number of amides is 5. The second kappa shape index (κ2) is 14.4. The summed E-state index contributed by atoms with van der Waals surface area (Å²) >= 11 is 0. The Kier molecular flexibility index (Phi) is 12.8. The molecule has 0 aliphatic heterocycles. The topological polar surface area (TPSA) is 274 Å². The molecule has 0 bridgehead atoms. The van der Waals surface area contributed by atoms with Crippen LogP contribution in [0.15, 0.2) is 0 Å². The van der Waals surface area contributed by atoms with Crippen LogP contribution in [0.3, 0.4) is 0 Å². The highest BCUT2D eigenvalue weighted by Gasteiger charge is 2.33. The van der Waals surface area contributed by atoms with Gasteiger partial charge in [0.15, 0.2) is 0 Å². The van der Waals surface area contributed by atoms with Crippen molar-refractivity contribution in [3.05, 3.63) is 0 Å². The molecular formula is C19H32N6O9. The molecular weight excluding hydrogens is 456 g/mol. The smallest absolute Gasteiger partial charge is 0.326 e. The molecule has 0 heterocycles. The maximum Gasteiger partial charge on any atom is 0.326 e. The average Bonchev–Trinajstić information content (AvgIpc) is 2.72. The first-order valence-electron chi connectivity index (χ1n) is 10.4. The highest BCUT2D eigenvalue weighted by atomic mass is 16.4. The summed E-state index contributed by atoms with van der Waals surface area (Å²) in [4.78, 5) is 82.1. The highest BCUT2D eigenvalue weighted by Crippen LogP contribution is 2.10. The molecule has 0 rings (SSSR count). The van der Waals surface area contributed by atoms with Crippen LogP contribution in [-0.4, -0.2) is 75.9 Å². The van der Waals surface area contributed by atoms with Gasteiger partial charge in [0, 0.05) is 6.42 Å². The Morgan fingerprint density at radius 3 is 1.79 bits per heavy atom. The van der Waals surface area contributed by atoms with Crippen LogP contribution in [0.2, 0.25) is 0 Å². The second-order valence-electron chi connectivity index (χ2n) is 7.71. The number of primary amides is 2. The van der Waals surface area contributed by atoms with E-state index in [1.165, 1.54) is 0 Å². The summed E-state index contributed by atoms with van der Waals surface area (Å²) in [6.07, 6.45) is -1.68. The molecule has 15 heteroatoms. The summed E-state index contributed by atoms with van der Waals surface area (Å²) in [5.41, 5.74) is 15.7. The highest BCUT2D eigenvalue weighted by molar-refractivity contribution is 5.95. The van der Waals surface area contributed by atoms with Gasteiger partial charge in [-0.2, -0.15) is 0 Å². The zero-order valence-electron chi connectivity index (χ0n) is 18.9. The van der Waals surface area contributed by atoms with Gasteiger partial charge >= 0.3 is 11.9 Å². The Bertz CT molecular complexity index is 803. The van der Waals surface area contributed by atoms with E-state index in [0.717, 1.165) is 0 Å². The van der Waals surface area contributed by atoms with Crippen molar-refractivity contribution < 1.29 is 43.8 Å². The lowest BCUT2D eigenvalue weighted by atomic mass is 9.97. The van der Waals surface area contributed by atoms with Crippen LogP contribution in [-0.2, 0) is 33.6 Å². The summed E-state index contributed by atoms with van der Waals surface area (Å²) in [5, 5.41) is 24.7. The van der Waals surface area contributed by atoms with Crippen molar-refractivity contribution in [3.63, 3.8) is 0 Å². The number of carbonyl (C=O) groups is 7. The SMILES string of the molecule is CCC(C)C(NC(=O)C(N)CC(N)=O)C(=O)NC(CCC(N)=O)C(=O)NC(CC(=O)O)C(=O)O. The molecule has 15 nitrogen and oxygen atoms in total.